The van der Waals surface area contributed by atoms with Crippen molar-refractivity contribution >= 4 is 0 Å². The summed E-state index contributed by atoms with van der Waals surface area (Å²) in [5, 5.41) is 0. The first-order valence-corrected chi connectivity index (χ1v) is 15.6. The monoisotopic (exact) mass is 532 g/mol. The van der Waals surface area contributed by atoms with Crippen molar-refractivity contribution in [3.05, 3.63) is 48.6 Å². The Morgan fingerprint density at radius 2 is 0.935 bits per heavy atom. The zero-order chi connectivity index (χ0) is 19.1. The van der Waals surface area contributed by atoms with Crippen LogP contribution in [0.3, 0.4) is 0 Å². The molecule has 0 N–H and O–H groups in total. The summed E-state index contributed by atoms with van der Waals surface area (Å²) in [5.74, 6) is 5.72. The molecular formula is C28H36Cl2Zr. The maximum Gasteiger partial charge on any atom is -1.00 e. The van der Waals surface area contributed by atoms with E-state index in [1.165, 1.54) is 25.7 Å². The summed E-state index contributed by atoms with van der Waals surface area (Å²) in [6, 6.07) is 0. The van der Waals surface area contributed by atoms with Gasteiger partial charge in [0.1, 0.15) is 0 Å². The fourth-order valence-corrected chi connectivity index (χ4v) is 18.0. The van der Waals surface area contributed by atoms with Crippen LogP contribution in [0.1, 0.15) is 64.2 Å². The maximum absolute atomic E-state index is 2.70. The van der Waals surface area contributed by atoms with Gasteiger partial charge in [-0.2, -0.15) is 0 Å². The van der Waals surface area contributed by atoms with Gasteiger partial charge in [0.2, 0.25) is 0 Å². The van der Waals surface area contributed by atoms with Crippen LogP contribution in [0.5, 0.6) is 0 Å². The first-order chi connectivity index (χ1) is 14.3. The number of hydrogen-bond acceptors (Lipinski definition) is 0. The topological polar surface area (TPSA) is 0 Å². The molecule has 31 heavy (non-hydrogen) atoms. The predicted octanol–water partition coefficient (Wildman–Crippen LogP) is 1.54. The molecule has 10 atom stereocenters. The molecule has 0 aromatic heterocycles. The van der Waals surface area contributed by atoms with Gasteiger partial charge < -0.3 is 24.8 Å². The first-order valence-electron chi connectivity index (χ1n) is 12.8. The molecule has 7 aliphatic rings. The molecule has 10 unspecified atom stereocenters. The Bertz CT molecular complexity index is 748. The molecule has 4 saturated carbocycles. The van der Waals surface area contributed by atoms with E-state index in [-0.39, 0.29) is 24.8 Å². The Morgan fingerprint density at radius 3 is 1.39 bits per heavy atom. The Labute approximate surface area is 213 Å². The molecule has 7 rings (SSSR count). The van der Waals surface area contributed by atoms with Crippen molar-refractivity contribution in [1.82, 2.24) is 0 Å². The summed E-state index contributed by atoms with van der Waals surface area (Å²) in [5.41, 5.74) is 1.51. The van der Waals surface area contributed by atoms with E-state index in [0.29, 0.717) is 0 Å². The third kappa shape index (κ3) is 3.07. The second-order valence-electron chi connectivity index (χ2n) is 11.6. The van der Waals surface area contributed by atoms with Gasteiger partial charge in [-0.05, 0) is 0 Å². The van der Waals surface area contributed by atoms with Gasteiger partial charge in [0, 0.05) is 0 Å². The Morgan fingerprint density at radius 1 is 0.516 bits per heavy atom. The van der Waals surface area contributed by atoms with Crippen molar-refractivity contribution in [1.29, 1.82) is 0 Å². The van der Waals surface area contributed by atoms with E-state index in [1.54, 1.807) is 38.5 Å². The van der Waals surface area contributed by atoms with Crippen LogP contribution >= 0.6 is 0 Å². The van der Waals surface area contributed by atoms with Crippen LogP contribution in [0, 0.1) is 46.3 Å². The van der Waals surface area contributed by atoms with Crippen LogP contribution in [0.15, 0.2) is 48.6 Å². The van der Waals surface area contributed by atoms with Crippen molar-refractivity contribution in [2.45, 2.75) is 71.5 Å². The largest absolute Gasteiger partial charge is 1.00 e. The zero-order valence-corrected chi connectivity index (χ0v) is 22.5. The van der Waals surface area contributed by atoms with Gasteiger partial charge in [0.15, 0.2) is 0 Å². The number of rotatable bonds is 0. The molecule has 6 aliphatic carbocycles. The van der Waals surface area contributed by atoms with E-state index in [9.17, 15) is 0 Å². The Kier molecular flexibility index (Phi) is 6.41. The van der Waals surface area contributed by atoms with E-state index < -0.39 is 23.2 Å². The third-order valence-corrected chi connectivity index (χ3v) is 17.6. The Hall–Kier alpha value is 0.423. The summed E-state index contributed by atoms with van der Waals surface area (Å²) in [6.45, 7) is 0. The maximum atomic E-state index is 2.70. The zero-order valence-electron chi connectivity index (χ0n) is 18.6. The average Bonchev–Trinajstić information content (AvgIpc) is 3.17. The van der Waals surface area contributed by atoms with Crippen LogP contribution in [0.25, 0.3) is 0 Å². The second kappa shape index (κ2) is 8.57. The molecule has 3 heteroatoms. The molecule has 5 fully saturated rings. The van der Waals surface area contributed by atoms with E-state index in [2.05, 4.69) is 48.6 Å². The van der Waals surface area contributed by atoms with E-state index in [1.807, 2.05) is 0 Å². The van der Waals surface area contributed by atoms with Crippen LogP contribution in [-0.4, -0.2) is 0 Å². The summed E-state index contributed by atoms with van der Waals surface area (Å²) in [4.78, 5) is 0. The molecule has 0 nitrogen and oxygen atoms in total. The van der Waals surface area contributed by atoms with Crippen molar-refractivity contribution in [3.8, 4) is 0 Å². The van der Waals surface area contributed by atoms with Crippen molar-refractivity contribution < 1.29 is 48.0 Å². The molecule has 0 amide bonds. The van der Waals surface area contributed by atoms with Gasteiger partial charge in [-0.3, -0.25) is 0 Å². The van der Waals surface area contributed by atoms with Crippen LogP contribution in [-0.2, 0) is 23.2 Å². The van der Waals surface area contributed by atoms with Gasteiger partial charge >= 0.3 is 190 Å². The molecule has 0 radical (unpaired) electrons. The van der Waals surface area contributed by atoms with E-state index in [0.717, 1.165) is 53.6 Å². The molecule has 1 aliphatic heterocycles. The van der Waals surface area contributed by atoms with Crippen molar-refractivity contribution in [3.63, 3.8) is 0 Å². The molecule has 2 spiro atoms. The van der Waals surface area contributed by atoms with Gasteiger partial charge in [-0.1, -0.05) is 0 Å². The minimum Gasteiger partial charge on any atom is -1.00 e. The molecule has 166 valence electrons. The second-order valence-corrected chi connectivity index (χ2v) is 15.5. The number of hydrogen-bond donors (Lipinski definition) is 0. The average molecular weight is 535 g/mol. The number of fused-ring (bicyclic) bond motifs is 6. The number of halogens is 2. The van der Waals surface area contributed by atoms with Gasteiger partial charge in [0.05, 0.1) is 0 Å². The molecular weight excluding hydrogens is 498 g/mol. The van der Waals surface area contributed by atoms with Gasteiger partial charge in [0.25, 0.3) is 0 Å². The Balaban J connectivity index is 0.00000102. The van der Waals surface area contributed by atoms with E-state index in [4.69, 9.17) is 0 Å². The first kappa shape index (κ1) is 23.2. The quantitative estimate of drug-likeness (QED) is 0.443. The van der Waals surface area contributed by atoms with Gasteiger partial charge in [-0.25, -0.2) is 0 Å². The fraction of sp³-hybridized carbons (Fsp3) is 0.714. The van der Waals surface area contributed by atoms with E-state index >= 15 is 0 Å². The number of allylic oxidation sites excluding steroid dienone is 8. The summed E-state index contributed by atoms with van der Waals surface area (Å²) in [7, 11) is 0. The minimum atomic E-state index is -0.493. The van der Waals surface area contributed by atoms with Crippen molar-refractivity contribution in [2.24, 2.45) is 46.3 Å². The van der Waals surface area contributed by atoms with Crippen LogP contribution in [0.2, 0.25) is 7.25 Å². The van der Waals surface area contributed by atoms with Crippen LogP contribution < -0.4 is 24.8 Å². The third-order valence-electron chi connectivity index (χ3n) is 11.1. The smallest absolute Gasteiger partial charge is 1.00 e. The molecule has 0 aromatic carbocycles. The molecule has 0 bridgehead atoms. The van der Waals surface area contributed by atoms with Gasteiger partial charge in [-0.15, -0.1) is 0 Å². The minimum absolute atomic E-state index is 0. The summed E-state index contributed by atoms with van der Waals surface area (Å²) in [6.07, 6.45) is 36.0. The molecule has 1 saturated heterocycles. The fourth-order valence-electron chi connectivity index (χ4n) is 10.2. The summed E-state index contributed by atoms with van der Waals surface area (Å²) >= 11 is -0.493. The molecule has 0 aromatic rings. The summed E-state index contributed by atoms with van der Waals surface area (Å²) < 4.78 is 2.26. The van der Waals surface area contributed by atoms with Crippen molar-refractivity contribution in [2.75, 3.05) is 0 Å². The standard InChI is InChI=1S/C28H36.2ClH.Zr/c1-3-11-23-21(9-1)19-27(15-7-5-13-25(23)27)17-18-28-16-8-6-14-26(28)24-12-4-2-10-22(24)20-28;;;/h1-4,9-12,19-26H,5-8,13-18H2;2*1H;/q;;;+2/p-2. The van der Waals surface area contributed by atoms with Crippen LogP contribution in [0.4, 0.5) is 0 Å². The normalized spacial score (nSPS) is 52.4. The predicted molar refractivity (Wildman–Crippen MR) is 116 cm³/mol. The molecule has 1 heterocycles. The SMILES string of the molecule is C1=CC2C(C=C1)[CH]1[Zr+2][CH]3C4C=CC=CC4C4CCCCC43CCC13CCCCC23.[Cl-].[Cl-].